The third kappa shape index (κ3) is 14.0. The number of carbonyl (C=O) groups excluding carboxylic acids is 2. The number of hydrogen-bond acceptors (Lipinski definition) is 8. The van der Waals surface area contributed by atoms with E-state index < -0.39 is 134 Å². The van der Waals surface area contributed by atoms with Crippen LogP contribution < -0.4 is 15.4 Å². The molecule has 2 amide bonds. The van der Waals surface area contributed by atoms with E-state index in [1.165, 1.54) is 44.4 Å². The molecule has 0 aliphatic heterocycles. The highest BCUT2D eigenvalue weighted by Gasteiger charge is 2.48. The molecule has 2 aromatic heterocycles. The quantitative estimate of drug-likeness (QED) is 0.0656. The van der Waals surface area contributed by atoms with Gasteiger partial charge in [0, 0.05) is 52.5 Å². The molecule has 1 saturated carbocycles. The molecule has 3 N–H and O–H groups in total. The minimum Gasteiger partial charge on any atom is -0.394 e. The van der Waals surface area contributed by atoms with Gasteiger partial charge in [-0.05, 0) is 80.1 Å². The van der Waals surface area contributed by atoms with Gasteiger partial charge in [-0.3, -0.25) is 23.5 Å². The summed E-state index contributed by atoms with van der Waals surface area (Å²) in [5.41, 5.74) is -0.577. The molecule has 3 unspecified atom stereocenters. The second kappa shape index (κ2) is 23.0. The van der Waals surface area contributed by atoms with Gasteiger partial charge in [-0.2, -0.15) is 44.5 Å². The van der Waals surface area contributed by atoms with Crippen molar-refractivity contribution >= 4 is 78.7 Å². The number of fused-ring (bicyclic) bond motifs is 1. The van der Waals surface area contributed by atoms with Crippen molar-refractivity contribution in [2.45, 2.75) is 96.4 Å². The summed E-state index contributed by atoms with van der Waals surface area (Å²) in [7, 11) is -3.87. The number of aliphatic imine (C=N–C) groups is 1. The zero-order chi connectivity index (χ0) is 51.9. The SMILES string of the molecule is CC.CC.CS(=O)N(C(=O)Cl)c1nn(CC(F)(F)F)c2c(-c3ccc(C#CC(C)(C)S(C)=O)nc3C(Cc3cc(F)cc(F)c3)NC(=O)CN=C3/C(=C(\N)C(F)(F)F)CCC3(F)F)ccc(Cl)c12. The number of anilines is 1. The van der Waals surface area contributed by atoms with Crippen molar-refractivity contribution in [1.82, 2.24) is 20.1 Å². The van der Waals surface area contributed by atoms with Crippen LogP contribution in [0.2, 0.25) is 5.02 Å². The highest BCUT2D eigenvalue weighted by molar-refractivity contribution is 7.86. The fourth-order valence-electron chi connectivity index (χ4n) is 6.49. The molecule has 2 aromatic carbocycles. The summed E-state index contributed by atoms with van der Waals surface area (Å²) in [6.45, 7) is 7.97. The predicted molar refractivity (Wildman–Crippen MR) is 244 cm³/mol. The summed E-state index contributed by atoms with van der Waals surface area (Å²) in [4.78, 5) is 34.3. The second-order valence-corrected chi connectivity index (χ2v) is 18.5. The van der Waals surface area contributed by atoms with E-state index in [1.54, 1.807) is 0 Å². The molecule has 1 aliphatic rings. The van der Waals surface area contributed by atoms with Crippen LogP contribution in [0, 0.1) is 23.5 Å². The molecule has 3 atom stereocenters. The largest absolute Gasteiger partial charge is 0.431 e. The summed E-state index contributed by atoms with van der Waals surface area (Å²) >= 11 is 12.2. The normalized spacial score (nSPS) is 16.3. The first-order valence-electron chi connectivity index (χ1n) is 20.2. The average Bonchev–Trinajstić information content (AvgIpc) is 3.74. The number of aromatic nitrogens is 3. The Bertz CT molecular complexity index is 2680. The van der Waals surface area contributed by atoms with E-state index in [0.29, 0.717) is 15.1 Å². The maximum Gasteiger partial charge on any atom is 0.431 e. The zero-order valence-electron chi connectivity index (χ0n) is 37.5. The van der Waals surface area contributed by atoms with Gasteiger partial charge in [-0.1, -0.05) is 51.3 Å². The molecule has 25 heteroatoms. The van der Waals surface area contributed by atoms with E-state index in [9.17, 15) is 61.9 Å². The van der Waals surface area contributed by atoms with E-state index in [1.807, 2.05) is 27.7 Å². The van der Waals surface area contributed by atoms with Gasteiger partial charge < -0.3 is 11.1 Å². The van der Waals surface area contributed by atoms with E-state index in [-0.39, 0.29) is 38.5 Å². The van der Waals surface area contributed by atoms with Crippen LogP contribution in [0.25, 0.3) is 22.0 Å². The van der Waals surface area contributed by atoms with Gasteiger partial charge in [0.05, 0.1) is 27.7 Å². The highest BCUT2D eigenvalue weighted by atomic mass is 35.5. The molecule has 372 valence electrons. The minimum atomic E-state index is -5.23. The summed E-state index contributed by atoms with van der Waals surface area (Å²) in [5, 5.41) is 4.25. The van der Waals surface area contributed by atoms with Crippen molar-refractivity contribution in [3.05, 3.63) is 87.3 Å². The number of rotatable bonds is 11. The number of carbonyl (C=O) groups is 2. The highest BCUT2D eigenvalue weighted by Crippen LogP contribution is 2.43. The van der Waals surface area contributed by atoms with Crippen LogP contribution in [0.15, 0.2) is 58.7 Å². The predicted octanol–water partition coefficient (Wildman–Crippen LogP) is 10.7. The summed E-state index contributed by atoms with van der Waals surface area (Å²) in [6, 6.07) is 5.49. The second-order valence-electron chi connectivity index (χ2n) is 14.6. The minimum absolute atomic E-state index is 0.125. The molecule has 68 heavy (non-hydrogen) atoms. The van der Waals surface area contributed by atoms with Gasteiger partial charge in [-0.15, -0.1) is 0 Å². The van der Waals surface area contributed by atoms with Gasteiger partial charge in [0.1, 0.15) is 57.6 Å². The molecule has 1 fully saturated rings. The maximum atomic E-state index is 14.9. The van der Waals surface area contributed by atoms with Crippen molar-refractivity contribution in [1.29, 1.82) is 0 Å². The topological polar surface area (TPSA) is 153 Å². The fourth-order valence-corrected chi connectivity index (χ4v) is 7.87. The Labute approximate surface area is 400 Å². The summed E-state index contributed by atoms with van der Waals surface area (Å²) in [5.74, 6) is -2.54. The maximum absolute atomic E-state index is 14.9. The van der Waals surface area contributed by atoms with Crippen LogP contribution in [0.5, 0.6) is 0 Å². The number of benzene rings is 2. The number of pyridine rings is 1. The lowest BCUT2D eigenvalue weighted by Gasteiger charge is -2.23. The lowest BCUT2D eigenvalue weighted by Crippen LogP contribution is -2.34. The van der Waals surface area contributed by atoms with E-state index in [4.69, 9.17) is 28.9 Å². The van der Waals surface area contributed by atoms with Crippen LogP contribution in [-0.4, -0.2) is 82.2 Å². The van der Waals surface area contributed by atoms with Gasteiger partial charge in [0.2, 0.25) is 5.91 Å². The van der Waals surface area contributed by atoms with Crippen LogP contribution >= 0.6 is 23.2 Å². The number of alkyl halides is 8. The van der Waals surface area contributed by atoms with Crippen molar-refractivity contribution in [2.75, 3.05) is 23.4 Å². The summed E-state index contributed by atoms with van der Waals surface area (Å²) in [6.07, 6.45) is -10.4. The smallest absolute Gasteiger partial charge is 0.394 e. The Hall–Kier alpha value is -5.05. The van der Waals surface area contributed by atoms with Gasteiger partial charge in [-0.25, -0.2) is 18.0 Å². The number of nitrogens with one attached hydrogen (secondary N) is 1. The van der Waals surface area contributed by atoms with E-state index in [2.05, 4.69) is 32.2 Å². The first-order chi connectivity index (χ1) is 31.5. The Morgan fingerprint density at radius 2 is 1.57 bits per heavy atom. The first kappa shape index (κ1) is 57.3. The third-order valence-electron chi connectivity index (χ3n) is 9.55. The van der Waals surface area contributed by atoms with Gasteiger partial charge >= 0.3 is 17.7 Å². The number of halogens is 12. The molecule has 4 aromatic rings. The number of nitrogens with two attached hydrogens (primary N) is 1. The van der Waals surface area contributed by atoms with Crippen LogP contribution in [-0.2, 0) is 39.5 Å². The van der Waals surface area contributed by atoms with Gasteiger partial charge in [0.25, 0.3) is 5.92 Å². The lowest BCUT2D eigenvalue weighted by atomic mass is 9.93. The molecule has 1 aliphatic carbocycles. The van der Waals surface area contributed by atoms with Crippen LogP contribution in [0.4, 0.5) is 54.5 Å². The molecule has 2 heterocycles. The monoisotopic (exact) mass is 1050 g/mol. The van der Waals surface area contributed by atoms with Crippen LogP contribution in [0.3, 0.4) is 0 Å². The molecular formula is C43H45Cl2F10N7O4S2. The average molecular weight is 1050 g/mol. The zero-order valence-corrected chi connectivity index (χ0v) is 40.6. The molecule has 0 spiro atoms. The molecule has 11 nitrogen and oxygen atoms in total. The number of amides is 2. The Balaban J connectivity index is 0.00000298. The molecule has 5 rings (SSSR count). The molecule has 0 saturated heterocycles. The van der Waals surface area contributed by atoms with Crippen molar-refractivity contribution < 1.29 is 61.9 Å². The number of allylic oxidation sites excluding steroid dienone is 2. The van der Waals surface area contributed by atoms with Crippen molar-refractivity contribution in [3.63, 3.8) is 0 Å². The van der Waals surface area contributed by atoms with Crippen molar-refractivity contribution in [3.8, 4) is 23.0 Å². The van der Waals surface area contributed by atoms with Crippen molar-refractivity contribution in [2.24, 2.45) is 10.7 Å². The van der Waals surface area contributed by atoms with Crippen LogP contribution in [0.1, 0.15) is 77.4 Å². The Morgan fingerprint density at radius 3 is 2.10 bits per heavy atom. The Morgan fingerprint density at radius 1 is 0.985 bits per heavy atom. The lowest BCUT2D eigenvalue weighted by molar-refractivity contribution is -0.141. The summed E-state index contributed by atoms with van der Waals surface area (Å²) < 4.78 is 167. The fraction of sp³-hybridized carbons (Fsp3) is 0.419. The Kier molecular flexibility index (Phi) is 19.4. The molecular weight excluding hydrogens is 1000 g/mol. The van der Waals surface area contributed by atoms with E-state index in [0.717, 1.165) is 18.4 Å². The van der Waals surface area contributed by atoms with E-state index >= 15 is 0 Å². The molecule has 0 radical (unpaired) electrons. The van der Waals surface area contributed by atoms with Gasteiger partial charge in [0.15, 0.2) is 5.82 Å². The third-order valence-corrected chi connectivity index (χ3v) is 12.5. The number of hydrogen-bond donors (Lipinski definition) is 2. The molecule has 0 bridgehead atoms. The first-order valence-corrected chi connectivity index (χ1v) is 24.0. The standard InChI is InChI=1S/C39H33Cl2F10N7O4S2.2C2H6/c1-36(2,63(3)61)11-9-22-5-6-23(24-7-8-26(40)29-31(24)57(18-38(46,47)48)56-34(29)58(35(41)60)64(4)62)30(54-22)27(15-19-13-20(42)16-21(43)14-19)55-28(59)17-53-33-25(10-12-37(33,44)45)32(52)39(49,50)51;2*1-2/h5-8,13-14,16,27H,10,12,15,17-18,52H2,1-4H3,(H,55,59);2*1-2H3/b32-25-,53-33?;;. The number of nitrogens with zero attached hydrogens (tertiary/aromatic N) is 5.